The minimum atomic E-state index is -0.826. The minimum absolute atomic E-state index is 0.0306. The quantitative estimate of drug-likeness (QED) is 0.265. The SMILES string of the molecule is CC(C)(c1ccccc1)c1cc([N+](=O)[O-])cc(C=NC2CCCCC2)c1O.[Cl][Zr][Cl]. The molecule has 0 aromatic heterocycles. The second kappa shape index (κ2) is 12.0. The standard InChI is InChI=1S/C22H26N2O3.2ClH.Zr/c1-22(2,17-9-5-3-6-10-17)20-14-19(24(26)27)13-16(21(20)25)15-23-18-11-7-4-8-12-18;;;/h3,5-6,9-10,13-15,18,25H,4,7-8,11-12H2,1-2H3;2*1H;/q;;;+2/p-2. The van der Waals surface area contributed by atoms with Gasteiger partial charge in [-0.1, -0.05) is 63.4 Å². The van der Waals surface area contributed by atoms with E-state index in [0.29, 0.717) is 11.1 Å². The number of phenols is 1. The number of hydrogen-bond acceptors (Lipinski definition) is 4. The Balaban J connectivity index is 0.00000101. The first-order valence-corrected chi connectivity index (χ1v) is 16.2. The van der Waals surface area contributed by atoms with E-state index in [1.54, 1.807) is 6.21 Å². The van der Waals surface area contributed by atoms with E-state index in [-0.39, 0.29) is 17.5 Å². The Hall–Kier alpha value is -1.23. The molecule has 2 aromatic rings. The van der Waals surface area contributed by atoms with Crippen LogP contribution in [0.1, 0.15) is 62.6 Å². The Morgan fingerprint density at radius 2 is 1.77 bits per heavy atom. The summed E-state index contributed by atoms with van der Waals surface area (Å²) in [5.41, 5.74) is 1.32. The Bertz CT molecular complexity index is 870. The molecule has 1 aliphatic rings. The Morgan fingerprint density at radius 3 is 2.33 bits per heavy atom. The number of hydrogen-bond donors (Lipinski definition) is 1. The maximum atomic E-state index is 11.5. The van der Waals surface area contributed by atoms with Crippen molar-refractivity contribution in [2.24, 2.45) is 4.99 Å². The molecule has 0 aliphatic heterocycles. The van der Waals surface area contributed by atoms with Gasteiger partial charge in [0.15, 0.2) is 0 Å². The third-order valence-electron chi connectivity index (χ3n) is 5.50. The van der Waals surface area contributed by atoms with Crippen LogP contribution in [0.2, 0.25) is 0 Å². The number of nitro groups is 1. The molecule has 0 amide bonds. The summed E-state index contributed by atoms with van der Waals surface area (Å²) >= 11 is -0.826. The van der Waals surface area contributed by atoms with Gasteiger partial charge in [0.1, 0.15) is 5.75 Å². The van der Waals surface area contributed by atoms with Gasteiger partial charge >= 0.3 is 37.9 Å². The summed E-state index contributed by atoms with van der Waals surface area (Å²) < 4.78 is 0. The molecule has 0 atom stereocenters. The predicted octanol–water partition coefficient (Wildman–Crippen LogP) is 6.75. The third-order valence-corrected chi connectivity index (χ3v) is 5.50. The van der Waals surface area contributed by atoms with Crippen LogP contribution in [0.5, 0.6) is 5.75 Å². The van der Waals surface area contributed by atoms with Crippen LogP contribution in [0, 0.1) is 10.1 Å². The van der Waals surface area contributed by atoms with Crippen molar-refractivity contribution in [3.8, 4) is 5.75 Å². The second-order valence-electron chi connectivity index (χ2n) is 7.82. The Labute approximate surface area is 196 Å². The van der Waals surface area contributed by atoms with E-state index in [4.69, 9.17) is 17.0 Å². The van der Waals surface area contributed by atoms with Gasteiger partial charge in [0.25, 0.3) is 5.69 Å². The van der Waals surface area contributed by atoms with Crippen molar-refractivity contribution < 1.29 is 30.9 Å². The summed E-state index contributed by atoms with van der Waals surface area (Å²) in [4.78, 5) is 15.7. The van der Waals surface area contributed by atoms with Crippen LogP contribution in [-0.2, 0) is 26.3 Å². The Morgan fingerprint density at radius 1 is 1.17 bits per heavy atom. The zero-order valence-electron chi connectivity index (χ0n) is 17.1. The summed E-state index contributed by atoms with van der Waals surface area (Å²) in [6, 6.07) is 12.8. The maximum absolute atomic E-state index is 11.5. The van der Waals surface area contributed by atoms with E-state index in [1.807, 2.05) is 44.2 Å². The van der Waals surface area contributed by atoms with E-state index in [9.17, 15) is 15.2 Å². The second-order valence-corrected chi connectivity index (χ2v) is 11.6. The van der Waals surface area contributed by atoms with Crippen LogP contribution in [0.4, 0.5) is 5.69 Å². The summed E-state index contributed by atoms with van der Waals surface area (Å²) in [6.07, 6.45) is 7.25. The van der Waals surface area contributed by atoms with E-state index in [2.05, 4.69) is 4.99 Å². The first-order chi connectivity index (χ1) is 14.3. The van der Waals surface area contributed by atoms with Crippen molar-refractivity contribution in [2.75, 3.05) is 0 Å². The number of rotatable bonds is 5. The molecular formula is C22H26Cl2N2O3Zr. The first kappa shape index (κ1) is 25.0. The average molecular weight is 529 g/mol. The van der Waals surface area contributed by atoms with E-state index in [0.717, 1.165) is 31.2 Å². The van der Waals surface area contributed by atoms with Gasteiger partial charge < -0.3 is 5.11 Å². The third kappa shape index (κ3) is 6.63. The molecule has 0 spiro atoms. The van der Waals surface area contributed by atoms with E-state index < -0.39 is 31.2 Å². The van der Waals surface area contributed by atoms with Crippen molar-refractivity contribution in [1.82, 2.24) is 0 Å². The molecule has 1 saturated carbocycles. The fourth-order valence-corrected chi connectivity index (χ4v) is 3.75. The number of halogens is 2. The van der Waals surface area contributed by atoms with Crippen molar-refractivity contribution in [3.05, 3.63) is 69.3 Å². The number of nitro benzene ring substituents is 1. The zero-order chi connectivity index (χ0) is 22.1. The molecule has 1 fully saturated rings. The first-order valence-electron chi connectivity index (χ1n) is 9.88. The number of aliphatic imine (C=N–C) groups is 1. The van der Waals surface area contributed by atoms with Crippen molar-refractivity contribution >= 4 is 28.9 Å². The molecule has 0 radical (unpaired) electrons. The summed E-state index contributed by atoms with van der Waals surface area (Å²) in [7, 11) is 9.87. The molecule has 1 N–H and O–H groups in total. The van der Waals surface area contributed by atoms with Crippen LogP contribution in [0.25, 0.3) is 0 Å². The Kier molecular flexibility index (Phi) is 9.99. The van der Waals surface area contributed by atoms with Crippen LogP contribution >= 0.6 is 17.0 Å². The van der Waals surface area contributed by atoms with Gasteiger partial charge in [-0.2, -0.15) is 0 Å². The van der Waals surface area contributed by atoms with Crippen molar-refractivity contribution in [1.29, 1.82) is 0 Å². The van der Waals surface area contributed by atoms with Gasteiger partial charge in [-0.05, 0) is 18.4 Å². The molecule has 0 unspecified atom stereocenters. The molecule has 30 heavy (non-hydrogen) atoms. The molecule has 0 bridgehead atoms. The van der Waals surface area contributed by atoms with Gasteiger partial charge in [0.2, 0.25) is 0 Å². The molecule has 1 aliphatic carbocycles. The number of aromatic hydroxyl groups is 1. The number of benzene rings is 2. The molecule has 5 nitrogen and oxygen atoms in total. The topological polar surface area (TPSA) is 75.7 Å². The van der Waals surface area contributed by atoms with Crippen molar-refractivity contribution in [3.63, 3.8) is 0 Å². The molecule has 160 valence electrons. The van der Waals surface area contributed by atoms with Gasteiger partial charge in [0, 0.05) is 40.9 Å². The summed E-state index contributed by atoms with van der Waals surface area (Å²) in [5, 5.41) is 22.4. The monoisotopic (exact) mass is 526 g/mol. The fraction of sp³-hybridized carbons (Fsp3) is 0.409. The van der Waals surface area contributed by atoms with Gasteiger partial charge in [-0.3, -0.25) is 15.1 Å². The molecule has 8 heteroatoms. The number of nitrogens with zero attached hydrogens (tertiary/aromatic N) is 2. The fourth-order valence-electron chi connectivity index (χ4n) is 3.75. The molecule has 2 aromatic carbocycles. The summed E-state index contributed by atoms with van der Waals surface area (Å²) in [6.45, 7) is 3.92. The van der Waals surface area contributed by atoms with Gasteiger partial charge in [0.05, 0.1) is 4.92 Å². The van der Waals surface area contributed by atoms with Gasteiger partial charge in [-0.15, -0.1) is 0 Å². The summed E-state index contributed by atoms with van der Waals surface area (Å²) in [5.74, 6) is 0.0639. The average Bonchev–Trinajstić information content (AvgIpc) is 2.74. The van der Waals surface area contributed by atoms with Crippen LogP contribution in [0.15, 0.2) is 47.5 Å². The molecule has 0 heterocycles. The predicted molar refractivity (Wildman–Crippen MR) is 120 cm³/mol. The normalized spacial score (nSPS) is 14.8. The molecule has 0 saturated heterocycles. The number of non-ortho nitro benzene ring substituents is 1. The molecule has 3 rings (SSSR count). The number of phenolic OH excluding ortho intramolecular Hbond substituents is 1. The van der Waals surface area contributed by atoms with Crippen LogP contribution in [0.3, 0.4) is 0 Å². The molecular weight excluding hydrogens is 502 g/mol. The van der Waals surface area contributed by atoms with E-state index in [1.165, 1.54) is 18.6 Å². The zero-order valence-corrected chi connectivity index (χ0v) is 21.1. The van der Waals surface area contributed by atoms with Crippen LogP contribution < -0.4 is 0 Å². The van der Waals surface area contributed by atoms with Crippen molar-refractivity contribution in [2.45, 2.75) is 57.4 Å². The van der Waals surface area contributed by atoms with Gasteiger partial charge in [-0.25, -0.2) is 0 Å². The van der Waals surface area contributed by atoms with Crippen LogP contribution in [-0.4, -0.2) is 22.3 Å². The van der Waals surface area contributed by atoms with E-state index >= 15 is 0 Å².